The standard InChI is InChI=1S/C9H7BrIN3/c10-9-3-1-2-8(13-9)6-14-5-7(11)4-12-14/h1-5H,6H2. The highest BCUT2D eigenvalue weighted by Gasteiger charge is 1.98. The molecule has 0 fully saturated rings. The first-order valence-corrected chi connectivity index (χ1v) is 5.90. The lowest BCUT2D eigenvalue weighted by atomic mass is 10.3. The van der Waals surface area contributed by atoms with Gasteiger partial charge in [-0.3, -0.25) is 4.68 Å². The molecular formula is C9H7BrIN3. The quantitative estimate of drug-likeness (QED) is 0.606. The molecular weight excluding hydrogens is 357 g/mol. The Kier molecular flexibility index (Phi) is 3.17. The molecule has 2 aromatic heterocycles. The number of nitrogens with zero attached hydrogens (tertiary/aromatic N) is 3. The van der Waals surface area contributed by atoms with Crippen molar-refractivity contribution in [3.63, 3.8) is 0 Å². The van der Waals surface area contributed by atoms with Crippen molar-refractivity contribution in [2.45, 2.75) is 6.54 Å². The Labute approximate surface area is 104 Å². The van der Waals surface area contributed by atoms with Crippen LogP contribution >= 0.6 is 38.5 Å². The largest absolute Gasteiger partial charge is 0.266 e. The topological polar surface area (TPSA) is 30.7 Å². The second-order valence-electron chi connectivity index (χ2n) is 2.81. The third-order valence-electron chi connectivity index (χ3n) is 1.70. The minimum atomic E-state index is 0.711. The van der Waals surface area contributed by atoms with Gasteiger partial charge in [-0.2, -0.15) is 5.10 Å². The van der Waals surface area contributed by atoms with Gasteiger partial charge in [-0.05, 0) is 50.7 Å². The van der Waals surface area contributed by atoms with Gasteiger partial charge in [-0.25, -0.2) is 4.98 Å². The summed E-state index contributed by atoms with van der Waals surface area (Å²) in [7, 11) is 0. The van der Waals surface area contributed by atoms with E-state index in [2.05, 4.69) is 48.6 Å². The highest BCUT2D eigenvalue weighted by molar-refractivity contribution is 14.1. The van der Waals surface area contributed by atoms with Crippen molar-refractivity contribution in [1.29, 1.82) is 0 Å². The number of hydrogen-bond donors (Lipinski definition) is 0. The Balaban J connectivity index is 2.18. The molecule has 0 unspecified atom stereocenters. The van der Waals surface area contributed by atoms with Crippen LogP contribution in [0.15, 0.2) is 35.2 Å². The summed E-state index contributed by atoms with van der Waals surface area (Å²) in [6.45, 7) is 0.711. The van der Waals surface area contributed by atoms with E-state index in [-0.39, 0.29) is 0 Å². The smallest absolute Gasteiger partial charge is 0.106 e. The zero-order valence-electron chi connectivity index (χ0n) is 7.19. The molecule has 0 amide bonds. The Morgan fingerprint density at radius 2 is 2.29 bits per heavy atom. The minimum absolute atomic E-state index is 0.711. The first-order chi connectivity index (χ1) is 6.74. The molecule has 5 heteroatoms. The number of aromatic nitrogens is 3. The Morgan fingerprint density at radius 1 is 1.43 bits per heavy atom. The number of pyridine rings is 1. The average Bonchev–Trinajstić information content (AvgIpc) is 2.51. The molecule has 2 aromatic rings. The van der Waals surface area contributed by atoms with E-state index >= 15 is 0 Å². The van der Waals surface area contributed by atoms with Gasteiger partial charge in [0.25, 0.3) is 0 Å². The Bertz CT molecular complexity index is 441. The molecule has 0 aromatic carbocycles. The number of hydrogen-bond acceptors (Lipinski definition) is 2. The molecule has 0 radical (unpaired) electrons. The van der Waals surface area contributed by atoms with E-state index in [0.29, 0.717) is 6.54 Å². The van der Waals surface area contributed by atoms with Crippen LogP contribution in [0, 0.1) is 3.57 Å². The second-order valence-corrected chi connectivity index (χ2v) is 4.87. The molecule has 0 aliphatic carbocycles. The van der Waals surface area contributed by atoms with Gasteiger partial charge < -0.3 is 0 Å². The normalized spacial score (nSPS) is 10.4. The molecule has 3 nitrogen and oxygen atoms in total. The van der Waals surface area contributed by atoms with Crippen LogP contribution in [-0.2, 0) is 6.54 Å². The molecule has 0 bridgehead atoms. The van der Waals surface area contributed by atoms with Gasteiger partial charge in [0.1, 0.15) is 4.60 Å². The first-order valence-electron chi connectivity index (χ1n) is 4.03. The summed E-state index contributed by atoms with van der Waals surface area (Å²) in [4.78, 5) is 4.33. The predicted molar refractivity (Wildman–Crippen MR) is 66.0 cm³/mol. The van der Waals surface area contributed by atoms with Crippen LogP contribution in [0.2, 0.25) is 0 Å². The van der Waals surface area contributed by atoms with Gasteiger partial charge in [0.2, 0.25) is 0 Å². The van der Waals surface area contributed by atoms with Gasteiger partial charge in [-0.1, -0.05) is 6.07 Å². The van der Waals surface area contributed by atoms with Crippen LogP contribution < -0.4 is 0 Å². The fraction of sp³-hybridized carbons (Fsp3) is 0.111. The Hall–Kier alpha value is -0.430. The van der Waals surface area contributed by atoms with Gasteiger partial charge in [0, 0.05) is 6.20 Å². The monoisotopic (exact) mass is 363 g/mol. The van der Waals surface area contributed by atoms with Crippen molar-refractivity contribution in [3.05, 3.63) is 44.5 Å². The zero-order valence-corrected chi connectivity index (χ0v) is 10.9. The SMILES string of the molecule is Brc1cccc(Cn2cc(I)cn2)n1. The number of halogens is 2. The van der Waals surface area contributed by atoms with E-state index < -0.39 is 0 Å². The van der Waals surface area contributed by atoms with Gasteiger partial charge in [-0.15, -0.1) is 0 Å². The van der Waals surface area contributed by atoms with E-state index in [9.17, 15) is 0 Å². The molecule has 0 N–H and O–H groups in total. The lowest BCUT2D eigenvalue weighted by Crippen LogP contribution is -2.01. The highest BCUT2D eigenvalue weighted by Crippen LogP contribution is 2.08. The summed E-state index contributed by atoms with van der Waals surface area (Å²) in [6, 6.07) is 5.87. The summed E-state index contributed by atoms with van der Waals surface area (Å²) in [5.74, 6) is 0. The maximum Gasteiger partial charge on any atom is 0.106 e. The van der Waals surface area contributed by atoms with Crippen LogP contribution in [0.1, 0.15) is 5.69 Å². The van der Waals surface area contributed by atoms with Crippen LogP contribution in [0.25, 0.3) is 0 Å². The van der Waals surface area contributed by atoms with Gasteiger partial charge >= 0.3 is 0 Å². The van der Waals surface area contributed by atoms with Crippen molar-refractivity contribution in [3.8, 4) is 0 Å². The second kappa shape index (κ2) is 4.39. The fourth-order valence-electron chi connectivity index (χ4n) is 1.13. The van der Waals surface area contributed by atoms with Crippen LogP contribution in [0.3, 0.4) is 0 Å². The third kappa shape index (κ3) is 2.54. The molecule has 0 saturated heterocycles. The van der Waals surface area contributed by atoms with Crippen LogP contribution in [0.4, 0.5) is 0 Å². The van der Waals surface area contributed by atoms with Crippen LogP contribution in [-0.4, -0.2) is 14.8 Å². The molecule has 72 valence electrons. The predicted octanol–water partition coefficient (Wildman–Crippen LogP) is 2.69. The number of rotatable bonds is 2. The third-order valence-corrected chi connectivity index (χ3v) is 2.70. The summed E-state index contributed by atoms with van der Waals surface area (Å²) in [6.07, 6.45) is 3.82. The summed E-state index contributed by atoms with van der Waals surface area (Å²) >= 11 is 5.58. The van der Waals surface area contributed by atoms with Crippen molar-refractivity contribution >= 4 is 38.5 Å². The lowest BCUT2D eigenvalue weighted by molar-refractivity contribution is 0.671. The zero-order chi connectivity index (χ0) is 9.97. The molecule has 0 saturated carbocycles. The minimum Gasteiger partial charge on any atom is -0.266 e. The molecule has 0 spiro atoms. The maximum atomic E-state index is 4.33. The highest BCUT2D eigenvalue weighted by atomic mass is 127. The van der Waals surface area contributed by atoms with E-state index in [0.717, 1.165) is 13.9 Å². The first kappa shape index (κ1) is 10.1. The maximum absolute atomic E-state index is 4.33. The summed E-state index contributed by atoms with van der Waals surface area (Å²) < 4.78 is 3.87. The molecule has 0 aliphatic rings. The molecule has 0 aliphatic heterocycles. The van der Waals surface area contributed by atoms with Crippen molar-refractivity contribution in [2.75, 3.05) is 0 Å². The van der Waals surface area contributed by atoms with Crippen LogP contribution in [0.5, 0.6) is 0 Å². The molecule has 0 atom stereocenters. The summed E-state index contributed by atoms with van der Waals surface area (Å²) in [5, 5.41) is 4.19. The van der Waals surface area contributed by atoms with E-state index in [1.54, 1.807) is 0 Å². The molecule has 2 rings (SSSR count). The summed E-state index contributed by atoms with van der Waals surface area (Å²) in [5.41, 5.74) is 0.999. The van der Waals surface area contributed by atoms with E-state index in [1.807, 2.05) is 35.3 Å². The van der Waals surface area contributed by atoms with Gasteiger partial charge in [0.05, 0.1) is 22.0 Å². The molecule has 14 heavy (non-hydrogen) atoms. The Morgan fingerprint density at radius 3 is 2.93 bits per heavy atom. The van der Waals surface area contributed by atoms with Crippen molar-refractivity contribution in [2.24, 2.45) is 0 Å². The van der Waals surface area contributed by atoms with Crippen molar-refractivity contribution in [1.82, 2.24) is 14.8 Å². The average molecular weight is 364 g/mol. The van der Waals surface area contributed by atoms with E-state index in [1.165, 1.54) is 0 Å². The van der Waals surface area contributed by atoms with Crippen molar-refractivity contribution < 1.29 is 0 Å². The molecule has 2 heterocycles. The van der Waals surface area contributed by atoms with E-state index in [4.69, 9.17) is 0 Å². The lowest BCUT2D eigenvalue weighted by Gasteiger charge is -2.00. The fourth-order valence-corrected chi connectivity index (χ4v) is 1.96. The van der Waals surface area contributed by atoms with Gasteiger partial charge in [0.15, 0.2) is 0 Å².